The quantitative estimate of drug-likeness (QED) is 0.166. The van der Waals surface area contributed by atoms with Gasteiger partial charge in [0, 0.05) is 24.0 Å². The van der Waals surface area contributed by atoms with Gasteiger partial charge in [-0.05, 0) is 123 Å². The number of nitrogens with zero attached hydrogens (tertiary/aromatic N) is 1. The van der Waals surface area contributed by atoms with E-state index >= 15 is 0 Å². The summed E-state index contributed by atoms with van der Waals surface area (Å²) in [5.74, 6) is 0. The van der Waals surface area contributed by atoms with Crippen LogP contribution in [0.1, 0.15) is 44.5 Å². The predicted octanol–water partition coefficient (Wildman–Crippen LogP) is 14.5. The largest absolute Gasteiger partial charge is 0.308 e. The molecule has 0 atom stereocenters. The van der Waals surface area contributed by atoms with E-state index in [2.05, 4.69) is 196 Å². The van der Waals surface area contributed by atoms with E-state index in [1.165, 1.54) is 117 Å². The van der Waals surface area contributed by atoms with Crippen molar-refractivity contribution >= 4 is 17.1 Å². The van der Waals surface area contributed by atoms with Crippen molar-refractivity contribution in [1.82, 2.24) is 0 Å². The number of aryl methyl sites for hydroxylation is 2. The van der Waals surface area contributed by atoms with Crippen molar-refractivity contribution in [3.8, 4) is 55.6 Å². The molecule has 0 amide bonds. The van der Waals surface area contributed by atoms with Crippen molar-refractivity contribution in [2.45, 2.75) is 40.5 Å². The number of fused-ring (bicyclic) bond motifs is 6. The summed E-state index contributed by atoms with van der Waals surface area (Å²) in [5, 5.41) is 0. The van der Waals surface area contributed by atoms with Gasteiger partial charge in [-0.25, -0.2) is 0 Å². The van der Waals surface area contributed by atoms with Crippen LogP contribution in [0.4, 0.5) is 17.1 Å². The molecule has 0 saturated carbocycles. The molecule has 0 N–H and O–H groups in total. The summed E-state index contributed by atoms with van der Waals surface area (Å²) >= 11 is 0. The molecule has 0 spiro atoms. The van der Waals surface area contributed by atoms with Gasteiger partial charge in [0.2, 0.25) is 0 Å². The smallest absolute Gasteiger partial charge is 0.0588 e. The highest BCUT2D eigenvalue weighted by Gasteiger charge is 2.36. The van der Waals surface area contributed by atoms with Crippen LogP contribution < -0.4 is 4.90 Å². The van der Waals surface area contributed by atoms with Crippen molar-refractivity contribution in [3.05, 3.63) is 208 Å². The molecule has 264 valence electrons. The number of hydrogen-bond acceptors (Lipinski definition) is 1. The molecule has 2 aliphatic rings. The highest BCUT2D eigenvalue weighted by molar-refractivity contribution is 6.07. The van der Waals surface area contributed by atoms with Crippen LogP contribution in [0.3, 0.4) is 0 Å². The lowest BCUT2D eigenvalue weighted by atomic mass is 9.85. The number of benzene rings is 8. The molecule has 2 aliphatic carbocycles. The molecule has 0 heterocycles. The van der Waals surface area contributed by atoms with E-state index < -0.39 is 0 Å². The molecule has 0 aromatic heterocycles. The summed E-state index contributed by atoms with van der Waals surface area (Å²) in [5.41, 5.74) is 27.4. The van der Waals surface area contributed by atoms with Gasteiger partial charge in [-0.1, -0.05) is 158 Å². The first-order valence-electron chi connectivity index (χ1n) is 19.5. The van der Waals surface area contributed by atoms with E-state index in [-0.39, 0.29) is 0 Å². The minimum Gasteiger partial charge on any atom is -0.308 e. The zero-order valence-corrected chi connectivity index (χ0v) is 31.9. The average Bonchev–Trinajstić information content (AvgIpc) is 3.79. The minimum atomic E-state index is 0.866. The van der Waals surface area contributed by atoms with Gasteiger partial charge in [-0.2, -0.15) is 0 Å². The summed E-state index contributed by atoms with van der Waals surface area (Å²) < 4.78 is 0. The third-order valence-electron chi connectivity index (χ3n) is 12.3. The van der Waals surface area contributed by atoms with Gasteiger partial charge in [-0.15, -0.1) is 0 Å². The molecule has 55 heavy (non-hydrogen) atoms. The second-order valence-corrected chi connectivity index (χ2v) is 15.4. The first kappa shape index (κ1) is 33.2. The molecule has 0 aliphatic heterocycles. The fraction of sp³-hybridized carbons (Fsp3) is 0.111. The second-order valence-electron chi connectivity index (χ2n) is 15.4. The Morgan fingerprint density at radius 1 is 0.345 bits per heavy atom. The first-order valence-corrected chi connectivity index (χ1v) is 19.5. The molecule has 8 aromatic rings. The SMILES string of the molecule is Cc1ccc(-c2ccccc2)c(N(c2c(C)c(C)cc3c2Cc2ccccc2-3)c2c3c(cc(-c4ccccc4)c2-c2ccccc2)-c2ccccc2C3)c1C. The molecular weight excluding hydrogens is 663 g/mol. The van der Waals surface area contributed by atoms with Gasteiger partial charge in [0.1, 0.15) is 0 Å². The molecule has 8 aromatic carbocycles. The third-order valence-corrected chi connectivity index (χ3v) is 12.3. The molecular formula is C54H43N. The van der Waals surface area contributed by atoms with Crippen molar-refractivity contribution < 1.29 is 0 Å². The Morgan fingerprint density at radius 2 is 0.818 bits per heavy atom. The van der Waals surface area contributed by atoms with Crippen LogP contribution in [-0.2, 0) is 12.8 Å². The van der Waals surface area contributed by atoms with E-state index in [4.69, 9.17) is 0 Å². The Morgan fingerprint density at radius 3 is 1.42 bits per heavy atom. The van der Waals surface area contributed by atoms with Crippen molar-refractivity contribution in [3.63, 3.8) is 0 Å². The monoisotopic (exact) mass is 705 g/mol. The summed E-state index contributed by atoms with van der Waals surface area (Å²) in [7, 11) is 0. The lowest BCUT2D eigenvalue weighted by molar-refractivity contribution is 1.13. The summed E-state index contributed by atoms with van der Waals surface area (Å²) in [6.45, 7) is 9.26. The predicted molar refractivity (Wildman–Crippen MR) is 233 cm³/mol. The summed E-state index contributed by atoms with van der Waals surface area (Å²) in [6, 6.07) is 60.9. The Hall–Kier alpha value is -6.44. The van der Waals surface area contributed by atoms with E-state index in [9.17, 15) is 0 Å². The van der Waals surface area contributed by atoms with Crippen LogP contribution in [-0.4, -0.2) is 0 Å². The Bertz CT molecular complexity index is 2780. The number of hydrogen-bond donors (Lipinski definition) is 0. The first-order chi connectivity index (χ1) is 27.0. The minimum absolute atomic E-state index is 0.866. The lowest BCUT2D eigenvalue weighted by Crippen LogP contribution is -2.20. The normalized spacial score (nSPS) is 12.2. The highest BCUT2D eigenvalue weighted by Crippen LogP contribution is 2.58. The maximum Gasteiger partial charge on any atom is 0.0588 e. The number of anilines is 3. The van der Waals surface area contributed by atoms with Gasteiger partial charge in [0.15, 0.2) is 0 Å². The van der Waals surface area contributed by atoms with Crippen molar-refractivity contribution in [2.24, 2.45) is 0 Å². The molecule has 0 bridgehead atoms. The van der Waals surface area contributed by atoms with Crippen LogP contribution in [0.5, 0.6) is 0 Å². The average molecular weight is 706 g/mol. The van der Waals surface area contributed by atoms with Crippen LogP contribution in [0.15, 0.2) is 164 Å². The van der Waals surface area contributed by atoms with E-state index in [0.717, 1.165) is 12.8 Å². The lowest BCUT2D eigenvalue weighted by Gasteiger charge is -2.37. The Balaban J connectivity index is 1.43. The van der Waals surface area contributed by atoms with Gasteiger partial charge >= 0.3 is 0 Å². The maximum atomic E-state index is 2.75. The zero-order chi connectivity index (χ0) is 37.2. The van der Waals surface area contributed by atoms with Crippen molar-refractivity contribution in [2.75, 3.05) is 4.90 Å². The van der Waals surface area contributed by atoms with Gasteiger partial charge < -0.3 is 4.90 Å². The Kier molecular flexibility index (Phi) is 7.92. The van der Waals surface area contributed by atoms with Gasteiger partial charge in [0.25, 0.3) is 0 Å². The van der Waals surface area contributed by atoms with Crippen LogP contribution in [0, 0.1) is 27.7 Å². The topological polar surface area (TPSA) is 3.24 Å². The molecule has 0 radical (unpaired) electrons. The molecule has 1 heteroatoms. The van der Waals surface area contributed by atoms with Crippen LogP contribution in [0.25, 0.3) is 55.6 Å². The molecule has 10 rings (SSSR count). The maximum absolute atomic E-state index is 2.75. The van der Waals surface area contributed by atoms with Gasteiger partial charge in [-0.3, -0.25) is 0 Å². The third kappa shape index (κ3) is 5.29. The van der Waals surface area contributed by atoms with E-state index in [1.54, 1.807) is 0 Å². The summed E-state index contributed by atoms with van der Waals surface area (Å²) in [6.07, 6.45) is 1.76. The molecule has 1 nitrogen and oxygen atoms in total. The van der Waals surface area contributed by atoms with Crippen LogP contribution in [0.2, 0.25) is 0 Å². The molecule has 0 unspecified atom stereocenters. The van der Waals surface area contributed by atoms with E-state index in [0.29, 0.717) is 0 Å². The van der Waals surface area contributed by atoms with Crippen LogP contribution >= 0.6 is 0 Å². The highest BCUT2D eigenvalue weighted by atomic mass is 15.2. The molecule has 0 fully saturated rings. The fourth-order valence-electron chi connectivity index (χ4n) is 9.32. The second kappa shape index (κ2) is 13.1. The van der Waals surface area contributed by atoms with Gasteiger partial charge in [0.05, 0.1) is 17.1 Å². The number of rotatable bonds is 6. The van der Waals surface area contributed by atoms with Crippen molar-refractivity contribution in [1.29, 1.82) is 0 Å². The zero-order valence-electron chi connectivity index (χ0n) is 31.9. The molecule has 0 saturated heterocycles. The summed E-state index contributed by atoms with van der Waals surface area (Å²) in [4.78, 5) is 2.75. The standard InChI is InChI=1S/C54H43N/c1-34-28-29-45(38-18-8-5-9-19-38)52(36(34)3)55(53-37(4)35(2)30-47-43-26-16-14-24-41(43)31-49(47)53)54-50-32-42-25-15-17-27-44(42)48(50)33-46(39-20-10-6-11-21-39)51(54)40-22-12-7-13-23-40/h5-30,33H,31-32H2,1-4H3. The van der Waals surface area contributed by atoms with E-state index in [1.807, 2.05) is 0 Å². The Labute approximate surface area is 325 Å². The fourth-order valence-corrected chi connectivity index (χ4v) is 9.32.